The lowest BCUT2D eigenvalue weighted by atomic mass is 9.34. The van der Waals surface area contributed by atoms with Crippen molar-refractivity contribution >= 4 is 69.3 Å². The monoisotopic (exact) mass is 1370 g/mol. The van der Waals surface area contributed by atoms with Crippen LogP contribution >= 0.6 is 0 Å². The number of ether oxygens (including phenoxy) is 6. The van der Waals surface area contributed by atoms with Gasteiger partial charge in [-0.25, -0.2) is 0 Å². The van der Waals surface area contributed by atoms with E-state index in [2.05, 4.69) is 314 Å². The van der Waals surface area contributed by atoms with Crippen LogP contribution in [0.4, 0.5) is 0 Å². The van der Waals surface area contributed by atoms with Crippen LogP contribution in [-0.4, -0.2) is 20.1 Å². The van der Waals surface area contributed by atoms with Crippen molar-refractivity contribution in [3.8, 4) is 114 Å². The smallest absolute Gasteiger partial charge is 0.260 e. The van der Waals surface area contributed by atoms with Crippen molar-refractivity contribution in [2.45, 2.75) is 119 Å². The number of fused-ring (bicyclic) bond motifs is 12. The van der Waals surface area contributed by atoms with Crippen molar-refractivity contribution in [1.29, 1.82) is 0 Å². The van der Waals surface area contributed by atoms with Gasteiger partial charge in [0.25, 0.3) is 20.1 Å². The summed E-state index contributed by atoms with van der Waals surface area (Å²) in [5, 5.41) is 0. The quantitative estimate of drug-likeness (QED) is 0.127. The topological polar surface area (TPSA) is 55.4 Å². The van der Waals surface area contributed by atoms with Gasteiger partial charge in [-0.05, 0) is 219 Å². The second kappa shape index (κ2) is 27.2. The van der Waals surface area contributed by atoms with Crippen LogP contribution in [0.5, 0.6) is 69.0 Å². The first kappa shape index (κ1) is 67.1. The number of hydrogen-bond acceptors (Lipinski definition) is 6. The van der Waals surface area contributed by atoms with Crippen molar-refractivity contribution in [3.05, 3.63) is 294 Å². The molecule has 0 N–H and O–H groups in total. The summed E-state index contributed by atoms with van der Waals surface area (Å²) in [6, 6.07) is 93.9. The molecule has 13 aromatic carbocycles. The Balaban J connectivity index is 0.000000118. The van der Waals surface area contributed by atoms with Gasteiger partial charge in [-0.15, -0.1) is 0 Å². The molecule has 6 heterocycles. The van der Waals surface area contributed by atoms with Gasteiger partial charge in [0.05, 0.1) is 0 Å². The van der Waals surface area contributed by atoms with Gasteiger partial charge >= 0.3 is 0 Å². The Morgan fingerprint density at radius 3 is 0.657 bits per heavy atom. The summed E-state index contributed by atoms with van der Waals surface area (Å²) < 4.78 is 38.5. The lowest BCUT2D eigenvalue weighted by Gasteiger charge is -2.33. The molecule has 0 radical (unpaired) electrons. The van der Waals surface area contributed by atoms with Gasteiger partial charge < -0.3 is 28.4 Å². The predicted molar refractivity (Wildman–Crippen MR) is 439 cm³/mol. The maximum absolute atomic E-state index is 6.51. The molecule has 0 spiro atoms. The van der Waals surface area contributed by atoms with E-state index in [1.54, 1.807) is 0 Å². The molecule has 0 unspecified atom stereocenters. The minimum atomic E-state index is 0.0356. The van der Waals surface area contributed by atoms with Gasteiger partial charge in [0.15, 0.2) is 0 Å². The zero-order chi connectivity index (χ0) is 72.1. The fourth-order valence-electron chi connectivity index (χ4n) is 16.0. The Bertz CT molecular complexity index is 5190. The average Bonchev–Trinajstić information content (AvgIpc) is 0.736. The third-order valence-corrected chi connectivity index (χ3v) is 22.2. The van der Waals surface area contributed by atoms with Crippen molar-refractivity contribution < 1.29 is 28.4 Å². The van der Waals surface area contributed by atoms with Crippen LogP contribution in [0.2, 0.25) is 0 Å². The highest BCUT2D eigenvalue weighted by atomic mass is 16.5. The van der Waals surface area contributed by atoms with Crippen molar-refractivity contribution in [2.24, 2.45) is 0 Å². The number of benzene rings is 13. The fraction of sp³-hybridized carbons (Fsp3) is 0.188. The van der Waals surface area contributed by atoms with E-state index in [0.29, 0.717) is 35.5 Å². The Morgan fingerprint density at radius 2 is 0.381 bits per heavy atom. The van der Waals surface area contributed by atoms with Crippen molar-refractivity contribution in [1.82, 2.24) is 0 Å². The van der Waals surface area contributed by atoms with Gasteiger partial charge in [-0.3, -0.25) is 0 Å². The van der Waals surface area contributed by atoms with Gasteiger partial charge in [-0.1, -0.05) is 271 Å². The van der Waals surface area contributed by atoms with E-state index >= 15 is 0 Å². The normalized spacial score (nSPS) is 13.1. The van der Waals surface area contributed by atoms with Gasteiger partial charge in [0.2, 0.25) is 0 Å². The molecule has 0 atom stereocenters. The van der Waals surface area contributed by atoms with E-state index in [0.717, 1.165) is 96.5 Å². The van der Waals surface area contributed by atoms with Crippen LogP contribution in [-0.2, 0) is 0 Å². The van der Waals surface area contributed by atoms with Crippen LogP contribution < -0.4 is 77.6 Å². The maximum atomic E-state index is 6.51. The molecule has 6 aliphatic heterocycles. The summed E-state index contributed by atoms with van der Waals surface area (Å²) >= 11 is 0. The molecular weight excluding hydrogens is 1280 g/mol. The molecule has 0 aliphatic carbocycles. The molecule has 514 valence electrons. The predicted octanol–water partition coefficient (Wildman–Crippen LogP) is 20.7. The molecule has 0 saturated carbocycles. The van der Waals surface area contributed by atoms with Crippen LogP contribution in [0.25, 0.3) is 44.5 Å². The highest BCUT2D eigenvalue weighted by molar-refractivity contribution is 6.99. The van der Waals surface area contributed by atoms with Gasteiger partial charge in [-0.2, -0.15) is 0 Å². The summed E-state index contributed by atoms with van der Waals surface area (Å²) in [5.74, 6) is 13.9. The van der Waals surface area contributed by atoms with E-state index in [1.807, 2.05) is 30.3 Å². The molecule has 19 rings (SSSR count). The zero-order valence-corrected chi connectivity index (χ0v) is 62.0. The minimum Gasteiger partial charge on any atom is -0.458 e. The van der Waals surface area contributed by atoms with E-state index in [9.17, 15) is 0 Å². The van der Waals surface area contributed by atoms with Crippen LogP contribution in [0.3, 0.4) is 0 Å². The molecule has 13 aromatic rings. The highest BCUT2D eigenvalue weighted by Crippen LogP contribution is 2.42. The highest BCUT2D eigenvalue weighted by Gasteiger charge is 2.44. The summed E-state index contributed by atoms with van der Waals surface area (Å²) in [7, 11) is 0. The summed E-state index contributed by atoms with van der Waals surface area (Å²) in [6.07, 6.45) is 0. The lowest BCUT2D eigenvalue weighted by molar-refractivity contribution is 0.463. The third-order valence-electron chi connectivity index (χ3n) is 22.2. The molecule has 0 aromatic heterocycles. The standard InChI is InChI=1S/2C36H31BO2.C24H23BO2/c1-22(2)24-8-12-26(13-9-24)28-16-18-32-30(20-28)37-31-21-29(27-14-10-25(11-15-27)23(3)4)17-19-33(31)39-35-7-5-6-34(38-32)36(35)37;1-22(2)24-8-12-26(13-9-24)28-16-18-30-34(20-28)38-32-6-5-7-33-36(32)37(30)31-19-17-29(21-35(31)39-33)27-14-10-25(11-15-27)23(3)4;1-14(2)16-8-10-18-22(12-16)26-20-6-5-7-21-24(20)25(18)19-11-9-17(15(3)4)13-23(19)27-21/h2*5-23H,1-4H3;5-15H,1-4H3. The Labute approximate surface area is 620 Å². The lowest BCUT2D eigenvalue weighted by Crippen LogP contribution is -2.57. The minimum absolute atomic E-state index is 0.0356. The SMILES string of the molecule is CC(C)c1ccc(-c2ccc3c(c2)B2c4cc(-c5ccc(C(C)C)cc5)ccc4Oc4cccc(c42)O3)cc1.CC(C)c1ccc(-c2ccc3c(c2)Oc2cccc4c2B3c2ccc(-c3ccc(C(C)C)cc3)cc2O4)cc1.CC(C)c1ccc2c(c1)Oc1cccc3c1B2c1ccc(C(C)C)cc1O3. The first-order chi connectivity index (χ1) is 50.9. The molecule has 0 amide bonds. The second-order valence-electron chi connectivity index (χ2n) is 30.9. The van der Waals surface area contributed by atoms with Gasteiger partial charge in [0, 0.05) is 16.4 Å². The molecular formula is C96H85B3O6. The van der Waals surface area contributed by atoms with Crippen LogP contribution in [0, 0.1) is 0 Å². The summed E-state index contributed by atoms with van der Waals surface area (Å²) in [5.41, 5.74) is 28.1. The van der Waals surface area contributed by atoms with Crippen LogP contribution in [0.1, 0.15) is 152 Å². The number of hydrogen-bond donors (Lipinski definition) is 0. The first-order valence-electron chi connectivity index (χ1n) is 37.7. The largest absolute Gasteiger partial charge is 0.458 e. The fourth-order valence-corrected chi connectivity index (χ4v) is 16.0. The van der Waals surface area contributed by atoms with E-state index in [4.69, 9.17) is 28.4 Å². The van der Waals surface area contributed by atoms with E-state index < -0.39 is 0 Å². The zero-order valence-electron chi connectivity index (χ0n) is 62.0. The summed E-state index contributed by atoms with van der Waals surface area (Å²) in [4.78, 5) is 0. The van der Waals surface area contributed by atoms with Crippen molar-refractivity contribution in [3.63, 3.8) is 0 Å². The van der Waals surface area contributed by atoms with Crippen molar-refractivity contribution in [2.75, 3.05) is 0 Å². The third kappa shape index (κ3) is 12.4. The average molecular weight is 1370 g/mol. The Hall–Kier alpha value is -11.1. The van der Waals surface area contributed by atoms with Crippen LogP contribution in [0.15, 0.2) is 261 Å². The summed E-state index contributed by atoms with van der Waals surface area (Å²) in [6.45, 7) is 27.0. The number of rotatable bonds is 10. The molecule has 0 fully saturated rings. The van der Waals surface area contributed by atoms with E-state index in [-0.39, 0.29) is 20.1 Å². The first-order valence-corrected chi connectivity index (χ1v) is 37.7. The van der Waals surface area contributed by atoms with E-state index in [1.165, 1.54) is 99.5 Å². The molecule has 0 bridgehead atoms. The Kier molecular flexibility index (Phi) is 17.3. The molecule has 105 heavy (non-hydrogen) atoms. The molecule has 6 nitrogen and oxygen atoms in total. The molecule has 6 aliphatic rings. The second-order valence-corrected chi connectivity index (χ2v) is 30.9. The molecule has 9 heteroatoms. The maximum Gasteiger partial charge on any atom is 0.260 e. The van der Waals surface area contributed by atoms with Gasteiger partial charge in [0.1, 0.15) is 69.0 Å². The Morgan fingerprint density at radius 1 is 0.171 bits per heavy atom. The molecule has 0 saturated heterocycles.